The van der Waals surface area contributed by atoms with Crippen molar-refractivity contribution >= 4 is 45.4 Å². The molecule has 2 aromatic rings. The third-order valence-electron chi connectivity index (χ3n) is 3.77. The Kier molecular flexibility index (Phi) is 5.72. The number of rotatable bonds is 3. The predicted octanol–water partition coefficient (Wildman–Crippen LogP) is 4.33. The largest absolute Gasteiger partial charge is 0.358 e. The molecule has 5 nitrogen and oxygen atoms in total. The van der Waals surface area contributed by atoms with E-state index in [-0.39, 0.29) is 6.23 Å². The Bertz CT molecular complexity index is 759. The molecule has 0 saturated carbocycles. The molecule has 0 bridgehead atoms. The molecule has 23 heavy (non-hydrogen) atoms. The van der Waals surface area contributed by atoms with Crippen LogP contribution < -0.4 is 0 Å². The number of fused-ring (bicyclic) bond motifs is 1. The van der Waals surface area contributed by atoms with E-state index in [1.165, 1.54) is 0 Å². The summed E-state index contributed by atoms with van der Waals surface area (Å²) in [6.07, 6.45) is 6.16. The van der Waals surface area contributed by atoms with E-state index < -0.39 is 0 Å². The van der Waals surface area contributed by atoms with Gasteiger partial charge in [0.1, 0.15) is 11.7 Å². The fourth-order valence-electron chi connectivity index (χ4n) is 2.61. The Labute approximate surface area is 154 Å². The van der Waals surface area contributed by atoms with Crippen LogP contribution in [0.5, 0.6) is 0 Å². The average molecular weight is 445 g/mol. The molecule has 0 amide bonds. The molecule has 0 spiro atoms. The van der Waals surface area contributed by atoms with Crippen molar-refractivity contribution in [2.75, 3.05) is 6.61 Å². The summed E-state index contributed by atoms with van der Waals surface area (Å²) in [6.45, 7) is 2.91. The summed E-state index contributed by atoms with van der Waals surface area (Å²) in [5.41, 5.74) is 1.31. The number of aromatic nitrogens is 4. The van der Waals surface area contributed by atoms with E-state index in [0.29, 0.717) is 26.0 Å². The monoisotopic (exact) mass is 444 g/mol. The van der Waals surface area contributed by atoms with E-state index in [0.717, 1.165) is 45.1 Å². The average Bonchev–Trinajstić information content (AvgIpc) is 2.91. The summed E-state index contributed by atoms with van der Waals surface area (Å²) in [5.74, 6) is 7.04. The zero-order valence-corrected chi connectivity index (χ0v) is 15.9. The van der Waals surface area contributed by atoms with Crippen molar-refractivity contribution in [3.63, 3.8) is 0 Å². The Balaban J connectivity index is 2.08. The maximum absolute atomic E-state index is 6.25. The third-order valence-corrected chi connectivity index (χ3v) is 4.51. The van der Waals surface area contributed by atoms with Crippen LogP contribution in [-0.2, 0) is 4.74 Å². The van der Waals surface area contributed by atoms with E-state index in [4.69, 9.17) is 16.3 Å². The minimum atomic E-state index is -0.0778. The Morgan fingerprint density at radius 2 is 2.22 bits per heavy atom. The van der Waals surface area contributed by atoms with Crippen LogP contribution >= 0.6 is 34.2 Å². The number of hydrogen-bond donors (Lipinski definition) is 0. The van der Waals surface area contributed by atoms with E-state index >= 15 is 0 Å². The van der Waals surface area contributed by atoms with Crippen LogP contribution in [0, 0.1) is 15.7 Å². The fraction of sp³-hybridized carbons (Fsp3) is 0.562. The zero-order chi connectivity index (χ0) is 16.2. The smallest absolute Gasteiger partial charge is 0.194 e. The maximum atomic E-state index is 6.25. The highest BCUT2D eigenvalue weighted by atomic mass is 127. The Morgan fingerprint density at radius 1 is 1.35 bits per heavy atom. The minimum absolute atomic E-state index is 0.0778. The van der Waals surface area contributed by atoms with E-state index in [1.807, 2.05) is 4.57 Å². The van der Waals surface area contributed by atoms with Crippen LogP contribution in [-0.4, -0.2) is 26.1 Å². The van der Waals surface area contributed by atoms with Crippen LogP contribution in [0.15, 0.2) is 0 Å². The van der Waals surface area contributed by atoms with Gasteiger partial charge in [-0.2, -0.15) is 0 Å². The highest BCUT2D eigenvalue weighted by Gasteiger charge is 2.24. The standard InChI is InChI=1S/C16H18ClIN4O/c1-2-3-4-5-8-11-19-13-14(17)20-16(18)21-15(13)22(11)12-9-6-7-10-23-12/h12H,2-4,6-7,9-10H2,1H3. The number of hydrogen-bond acceptors (Lipinski definition) is 4. The SMILES string of the molecule is CCCCC#Cc1nc2c(Cl)nc(I)nc2n1C1CCCCO1. The third kappa shape index (κ3) is 3.78. The molecule has 1 aliphatic heterocycles. The summed E-state index contributed by atoms with van der Waals surface area (Å²) in [5, 5.41) is 0.366. The summed E-state index contributed by atoms with van der Waals surface area (Å²) >= 11 is 8.31. The lowest BCUT2D eigenvalue weighted by Gasteiger charge is -2.24. The second-order valence-corrected chi connectivity index (χ2v) is 6.81. The topological polar surface area (TPSA) is 52.8 Å². The molecule has 0 radical (unpaired) electrons. The van der Waals surface area contributed by atoms with Crippen LogP contribution in [0.4, 0.5) is 0 Å². The first-order chi connectivity index (χ1) is 11.2. The molecule has 0 aromatic carbocycles. The van der Waals surface area contributed by atoms with Gasteiger partial charge < -0.3 is 4.74 Å². The molecular weight excluding hydrogens is 427 g/mol. The van der Waals surface area contributed by atoms with Gasteiger partial charge in [0.2, 0.25) is 0 Å². The van der Waals surface area contributed by atoms with Crippen LogP contribution in [0.3, 0.4) is 0 Å². The summed E-state index contributed by atoms with van der Waals surface area (Å²) < 4.78 is 8.52. The van der Waals surface area contributed by atoms with Gasteiger partial charge in [-0.05, 0) is 31.6 Å². The molecule has 7 heteroatoms. The second-order valence-electron chi connectivity index (χ2n) is 5.49. The molecule has 0 aliphatic carbocycles. The molecular formula is C16H18ClIN4O. The first-order valence-electron chi connectivity index (χ1n) is 7.92. The second kappa shape index (κ2) is 7.77. The van der Waals surface area contributed by atoms with Gasteiger partial charge >= 0.3 is 0 Å². The molecule has 1 atom stereocenters. The lowest BCUT2D eigenvalue weighted by atomic mass is 10.2. The van der Waals surface area contributed by atoms with Crippen molar-refractivity contribution in [1.29, 1.82) is 0 Å². The van der Waals surface area contributed by atoms with Crippen molar-refractivity contribution in [3.05, 3.63) is 14.8 Å². The number of imidazole rings is 1. The van der Waals surface area contributed by atoms with Gasteiger partial charge in [-0.15, -0.1) is 0 Å². The maximum Gasteiger partial charge on any atom is 0.194 e. The molecule has 122 valence electrons. The normalized spacial score (nSPS) is 18.0. The highest BCUT2D eigenvalue weighted by molar-refractivity contribution is 14.1. The first-order valence-corrected chi connectivity index (χ1v) is 9.38. The molecule has 0 N–H and O–H groups in total. The van der Waals surface area contributed by atoms with Crippen molar-refractivity contribution in [2.45, 2.75) is 51.7 Å². The van der Waals surface area contributed by atoms with Gasteiger partial charge in [0.15, 0.2) is 20.5 Å². The van der Waals surface area contributed by atoms with Crippen molar-refractivity contribution in [3.8, 4) is 11.8 Å². The molecule has 3 heterocycles. The molecule has 1 aliphatic rings. The number of halogens is 2. The molecule has 1 unspecified atom stereocenters. The number of nitrogens with zero attached hydrogens (tertiary/aromatic N) is 4. The van der Waals surface area contributed by atoms with Gasteiger partial charge in [0.25, 0.3) is 0 Å². The quantitative estimate of drug-likeness (QED) is 0.233. The highest BCUT2D eigenvalue weighted by Crippen LogP contribution is 2.30. The number of unbranched alkanes of at least 4 members (excludes halogenated alkanes) is 2. The van der Waals surface area contributed by atoms with Crippen LogP contribution in [0.25, 0.3) is 11.2 Å². The molecule has 1 fully saturated rings. The van der Waals surface area contributed by atoms with Gasteiger partial charge in [-0.25, -0.2) is 15.0 Å². The Morgan fingerprint density at radius 3 is 2.96 bits per heavy atom. The van der Waals surface area contributed by atoms with E-state index in [2.05, 4.69) is 56.3 Å². The Hall–Kier alpha value is -0.910. The lowest BCUT2D eigenvalue weighted by molar-refractivity contribution is -0.0302. The summed E-state index contributed by atoms with van der Waals surface area (Å²) in [6, 6.07) is 0. The summed E-state index contributed by atoms with van der Waals surface area (Å²) in [7, 11) is 0. The number of ether oxygens (including phenoxy) is 1. The van der Waals surface area contributed by atoms with Crippen molar-refractivity contribution in [1.82, 2.24) is 19.5 Å². The van der Waals surface area contributed by atoms with Gasteiger partial charge in [-0.1, -0.05) is 30.9 Å². The van der Waals surface area contributed by atoms with E-state index in [9.17, 15) is 0 Å². The molecule has 2 aromatic heterocycles. The van der Waals surface area contributed by atoms with Crippen molar-refractivity contribution < 1.29 is 4.74 Å². The van der Waals surface area contributed by atoms with Crippen LogP contribution in [0.1, 0.15) is 57.5 Å². The molecule has 3 rings (SSSR count). The van der Waals surface area contributed by atoms with Gasteiger partial charge in [0, 0.05) is 35.6 Å². The lowest BCUT2D eigenvalue weighted by Crippen LogP contribution is -2.19. The van der Waals surface area contributed by atoms with Gasteiger partial charge in [0.05, 0.1) is 0 Å². The summed E-state index contributed by atoms with van der Waals surface area (Å²) in [4.78, 5) is 13.3. The van der Waals surface area contributed by atoms with E-state index in [1.54, 1.807) is 0 Å². The zero-order valence-electron chi connectivity index (χ0n) is 13.0. The van der Waals surface area contributed by atoms with Crippen molar-refractivity contribution in [2.24, 2.45) is 0 Å². The minimum Gasteiger partial charge on any atom is -0.358 e. The fourth-order valence-corrected chi connectivity index (χ4v) is 3.43. The molecule has 1 saturated heterocycles. The van der Waals surface area contributed by atoms with Gasteiger partial charge in [-0.3, -0.25) is 4.57 Å². The van der Waals surface area contributed by atoms with Crippen LogP contribution in [0.2, 0.25) is 5.15 Å². The predicted molar refractivity (Wildman–Crippen MR) is 98.3 cm³/mol. The first kappa shape index (κ1) is 16.9.